The van der Waals surface area contributed by atoms with Crippen LogP contribution >= 0.6 is 0 Å². The number of nitrogens with one attached hydrogen (secondary N) is 2. The highest BCUT2D eigenvalue weighted by molar-refractivity contribution is 7.92. The van der Waals surface area contributed by atoms with Gasteiger partial charge in [0, 0.05) is 25.0 Å². The molecule has 0 bridgehead atoms. The van der Waals surface area contributed by atoms with Gasteiger partial charge in [0.1, 0.15) is 0 Å². The Morgan fingerprint density at radius 2 is 2.00 bits per heavy atom. The Morgan fingerprint density at radius 1 is 1.31 bits per heavy atom. The monoisotopic (exact) mass is 241 g/mol. The largest absolute Gasteiger partial charge is 0.313 e. The Balaban J connectivity index is 1.82. The van der Waals surface area contributed by atoms with E-state index in [0.29, 0.717) is 18.3 Å². The second kappa shape index (κ2) is 4.80. The fourth-order valence-corrected chi connectivity index (χ4v) is 2.32. The average molecular weight is 241 g/mol. The van der Waals surface area contributed by atoms with Crippen LogP contribution in [0.5, 0.6) is 0 Å². The van der Waals surface area contributed by atoms with Crippen molar-refractivity contribution >= 4 is 15.7 Å². The quantitative estimate of drug-likeness (QED) is 0.764. The van der Waals surface area contributed by atoms with Crippen LogP contribution in [0.3, 0.4) is 0 Å². The van der Waals surface area contributed by atoms with Gasteiger partial charge in [-0.3, -0.25) is 9.71 Å². The van der Waals surface area contributed by atoms with Crippen molar-refractivity contribution in [2.75, 3.05) is 17.0 Å². The van der Waals surface area contributed by atoms with Crippen LogP contribution in [-0.4, -0.2) is 31.7 Å². The van der Waals surface area contributed by atoms with Crippen LogP contribution in [0.1, 0.15) is 12.8 Å². The van der Waals surface area contributed by atoms with E-state index in [9.17, 15) is 8.42 Å². The molecule has 0 spiro atoms. The molecule has 1 fully saturated rings. The van der Waals surface area contributed by atoms with Gasteiger partial charge in [0.15, 0.2) is 0 Å². The molecule has 0 amide bonds. The Hall–Kier alpha value is -1.14. The summed E-state index contributed by atoms with van der Waals surface area (Å²) in [6.07, 6.45) is 5.44. The number of sulfonamides is 1. The molecule has 1 aromatic rings. The molecule has 0 unspecified atom stereocenters. The molecule has 6 heteroatoms. The first kappa shape index (κ1) is 11.3. The maximum Gasteiger partial charge on any atom is 0.233 e. The molecule has 5 nitrogen and oxygen atoms in total. The van der Waals surface area contributed by atoms with Crippen LogP contribution in [0, 0.1) is 0 Å². The molecule has 1 aliphatic carbocycles. The van der Waals surface area contributed by atoms with E-state index in [4.69, 9.17) is 0 Å². The van der Waals surface area contributed by atoms with E-state index in [-0.39, 0.29) is 5.75 Å². The van der Waals surface area contributed by atoms with Crippen LogP contribution in [-0.2, 0) is 10.0 Å². The van der Waals surface area contributed by atoms with E-state index in [2.05, 4.69) is 15.0 Å². The zero-order chi connectivity index (χ0) is 11.4. The van der Waals surface area contributed by atoms with Gasteiger partial charge in [-0.05, 0) is 25.0 Å². The molecule has 0 radical (unpaired) electrons. The molecule has 16 heavy (non-hydrogen) atoms. The molecule has 2 rings (SSSR count). The van der Waals surface area contributed by atoms with Gasteiger partial charge in [-0.15, -0.1) is 0 Å². The third-order valence-corrected chi connectivity index (χ3v) is 3.62. The van der Waals surface area contributed by atoms with Crippen molar-refractivity contribution in [2.24, 2.45) is 0 Å². The minimum absolute atomic E-state index is 0.103. The van der Waals surface area contributed by atoms with E-state index in [1.807, 2.05) is 0 Å². The van der Waals surface area contributed by atoms with Gasteiger partial charge in [-0.25, -0.2) is 8.42 Å². The lowest BCUT2D eigenvalue weighted by Crippen LogP contribution is -2.27. The van der Waals surface area contributed by atoms with Crippen molar-refractivity contribution in [2.45, 2.75) is 18.9 Å². The van der Waals surface area contributed by atoms with Gasteiger partial charge >= 0.3 is 0 Å². The number of hydrogen-bond acceptors (Lipinski definition) is 4. The standard InChI is InChI=1S/C10H15N3O2S/c14-16(15,8-7-12-9-1-2-9)13-10-3-5-11-6-4-10/h3-6,9,12H,1-2,7-8H2,(H,11,13). The fraction of sp³-hybridized carbons (Fsp3) is 0.500. The molecule has 88 valence electrons. The van der Waals surface area contributed by atoms with Gasteiger partial charge in [0.25, 0.3) is 0 Å². The molecule has 1 aromatic heterocycles. The topological polar surface area (TPSA) is 71.1 Å². The summed E-state index contributed by atoms with van der Waals surface area (Å²) >= 11 is 0. The zero-order valence-corrected chi connectivity index (χ0v) is 9.70. The first-order chi connectivity index (χ1) is 7.66. The van der Waals surface area contributed by atoms with Crippen LogP contribution < -0.4 is 10.0 Å². The summed E-state index contributed by atoms with van der Waals surface area (Å²) < 4.78 is 25.8. The summed E-state index contributed by atoms with van der Waals surface area (Å²) in [7, 11) is -3.24. The maximum absolute atomic E-state index is 11.6. The first-order valence-corrected chi connectivity index (χ1v) is 6.95. The lowest BCUT2D eigenvalue weighted by molar-refractivity contribution is 0.595. The number of anilines is 1. The fourth-order valence-electron chi connectivity index (χ4n) is 1.34. The smallest absolute Gasteiger partial charge is 0.233 e. The summed E-state index contributed by atoms with van der Waals surface area (Å²) in [6.45, 7) is 0.505. The minimum Gasteiger partial charge on any atom is -0.313 e. The summed E-state index contributed by atoms with van der Waals surface area (Å²) in [4.78, 5) is 3.82. The van der Waals surface area contributed by atoms with Crippen LogP contribution in [0.2, 0.25) is 0 Å². The SMILES string of the molecule is O=S(=O)(CCNC1CC1)Nc1ccncc1. The molecule has 1 aliphatic rings. The normalized spacial score (nSPS) is 16.0. The molecule has 1 heterocycles. The molecule has 0 aliphatic heterocycles. The summed E-state index contributed by atoms with van der Waals surface area (Å²) in [5.74, 6) is 0.103. The third kappa shape index (κ3) is 3.79. The predicted molar refractivity (Wildman–Crippen MR) is 62.7 cm³/mol. The average Bonchev–Trinajstić information content (AvgIpc) is 3.02. The highest BCUT2D eigenvalue weighted by atomic mass is 32.2. The molecule has 0 saturated heterocycles. The molecule has 2 N–H and O–H groups in total. The van der Waals surface area contributed by atoms with Gasteiger partial charge in [-0.2, -0.15) is 0 Å². The summed E-state index contributed by atoms with van der Waals surface area (Å²) in [6, 6.07) is 3.80. The number of hydrogen-bond donors (Lipinski definition) is 2. The Morgan fingerprint density at radius 3 is 2.62 bits per heavy atom. The number of rotatable bonds is 6. The highest BCUT2D eigenvalue weighted by Crippen LogP contribution is 2.18. The van der Waals surface area contributed by atoms with Crippen molar-refractivity contribution in [3.8, 4) is 0 Å². The van der Waals surface area contributed by atoms with Crippen molar-refractivity contribution in [1.82, 2.24) is 10.3 Å². The molecule has 1 saturated carbocycles. The predicted octanol–water partition coefficient (Wildman–Crippen LogP) is 0.575. The molecular formula is C10H15N3O2S. The first-order valence-electron chi connectivity index (χ1n) is 5.30. The lowest BCUT2D eigenvalue weighted by atomic mass is 10.4. The van der Waals surface area contributed by atoms with E-state index in [1.54, 1.807) is 24.5 Å². The zero-order valence-electron chi connectivity index (χ0n) is 8.89. The summed E-state index contributed by atoms with van der Waals surface area (Å²) in [5, 5.41) is 3.17. The summed E-state index contributed by atoms with van der Waals surface area (Å²) in [5.41, 5.74) is 0.557. The van der Waals surface area contributed by atoms with E-state index < -0.39 is 10.0 Å². The molecule has 0 atom stereocenters. The second-order valence-corrected chi connectivity index (χ2v) is 5.73. The maximum atomic E-state index is 11.6. The van der Waals surface area contributed by atoms with E-state index >= 15 is 0 Å². The molecular weight excluding hydrogens is 226 g/mol. The van der Waals surface area contributed by atoms with Crippen molar-refractivity contribution in [3.05, 3.63) is 24.5 Å². The number of aromatic nitrogens is 1. The van der Waals surface area contributed by atoms with Crippen molar-refractivity contribution in [1.29, 1.82) is 0 Å². The van der Waals surface area contributed by atoms with Crippen LogP contribution in [0.4, 0.5) is 5.69 Å². The Labute approximate surface area is 95.3 Å². The van der Waals surface area contributed by atoms with Gasteiger partial charge in [-0.1, -0.05) is 0 Å². The van der Waals surface area contributed by atoms with Crippen LogP contribution in [0.15, 0.2) is 24.5 Å². The lowest BCUT2D eigenvalue weighted by Gasteiger charge is -2.07. The van der Waals surface area contributed by atoms with Gasteiger partial charge in [0.05, 0.1) is 11.4 Å². The van der Waals surface area contributed by atoms with Crippen LogP contribution in [0.25, 0.3) is 0 Å². The Bertz CT molecular complexity index is 429. The molecule has 0 aromatic carbocycles. The van der Waals surface area contributed by atoms with Gasteiger partial charge in [0.2, 0.25) is 10.0 Å². The third-order valence-electron chi connectivity index (χ3n) is 2.33. The number of nitrogens with zero attached hydrogens (tertiary/aromatic N) is 1. The Kier molecular flexibility index (Phi) is 3.40. The van der Waals surface area contributed by atoms with E-state index in [0.717, 1.165) is 12.8 Å². The second-order valence-electron chi connectivity index (χ2n) is 3.89. The number of pyridine rings is 1. The van der Waals surface area contributed by atoms with Gasteiger partial charge < -0.3 is 5.32 Å². The minimum atomic E-state index is -3.24. The van der Waals surface area contributed by atoms with E-state index in [1.165, 1.54) is 0 Å². The van der Waals surface area contributed by atoms with Crippen molar-refractivity contribution < 1.29 is 8.42 Å². The van der Waals surface area contributed by atoms with Crippen molar-refractivity contribution in [3.63, 3.8) is 0 Å². The highest BCUT2D eigenvalue weighted by Gasteiger charge is 2.21.